The monoisotopic (exact) mass is 428 g/mol. The van der Waals surface area contributed by atoms with Crippen LogP contribution in [0.15, 0.2) is 35.3 Å². The molecule has 1 aromatic carbocycles. The van der Waals surface area contributed by atoms with Gasteiger partial charge in [0.1, 0.15) is 5.76 Å². The number of carbonyl (C=O) groups excluding carboxylic acids is 1. The molecule has 0 aromatic heterocycles. The summed E-state index contributed by atoms with van der Waals surface area (Å²) in [6, 6.07) is 3.47. The molecular formula is C22H28N4O5. The summed E-state index contributed by atoms with van der Waals surface area (Å²) in [6.07, 6.45) is 2.73. The molecule has 1 amide bonds. The van der Waals surface area contributed by atoms with Crippen LogP contribution in [0.1, 0.15) is 18.0 Å². The average molecular weight is 428 g/mol. The fraction of sp³-hybridized carbons (Fsp3) is 0.500. The molecule has 1 fully saturated rings. The number of benzene rings is 1. The van der Waals surface area contributed by atoms with Gasteiger partial charge in [-0.1, -0.05) is 0 Å². The predicted molar refractivity (Wildman–Crippen MR) is 113 cm³/mol. The molecule has 1 saturated heterocycles. The van der Waals surface area contributed by atoms with E-state index in [1.807, 2.05) is 32.3 Å². The Morgan fingerprint density at radius 1 is 1.13 bits per heavy atom. The number of amides is 1. The smallest absolute Gasteiger partial charge is 0.231 e. The normalized spacial score (nSPS) is 28.2. The third-order valence-corrected chi connectivity index (χ3v) is 6.48. The van der Waals surface area contributed by atoms with Crippen LogP contribution in [0, 0.1) is 11.8 Å². The third-order valence-electron chi connectivity index (χ3n) is 6.48. The molecule has 3 N–H and O–H groups in total. The van der Waals surface area contributed by atoms with Gasteiger partial charge in [0.2, 0.25) is 12.7 Å². The Hall–Kier alpha value is -2.91. The van der Waals surface area contributed by atoms with E-state index in [1.165, 1.54) is 0 Å². The summed E-state index contributed by atoms with van der Waals surface area (Å²) in [4.78, 5) is 15.6. The summed E-state index contributed by atoms with van der Waals surface area (Å²) < 4.78 is 22.5. The Labute approximate surface area is 181 Å². The van der Waals surface area contributed by atoms with Crippen LogP contribution in [-0.4, -0.2) is 58.5 Å². The van der Waals surface area contributed by atoms with E-state index in [0.717, 1.165) is 35.5 Å². The van der Waals surface area contributed by atoms with Crippen LogP contribution in [0.2, 0.25) is 0 Å². The van der Waals surface area contributed by atoms with Crippen LogP contribution < -0.4 is 25.6 Å². The zero-order chi connectivity index (χ0) is 21.7. The first-order chi connectivity index (χ1) is 15.0. The molecule has 1 aromatic rings. The Balaban J connectivity index is 1.55. The summed E-state index contributed by atoms with van der Waals surface area (Å²) in [5.74, 6) is 2.33. The topological polar surface area (TPSA) is 93.3 Å². The number of nitrogens with one attached hydrogen (secondary N) is 3. The lowest BCUT2D eigenvalue weighted by Gasteiger charge is -2.46. The molecule has 9 nitrogen and oxygen atoms in total. The lowest BCUT2D eigenvalue weighted by atomic mass is 9.70. The van der Waals surface area contributed by atoms with Crippen LogP contribution in [-0.2, 0) is 14.3 Å². The Bertz CT molecular complexity index is 973. The van der Waals surface area contributed by atoms with E-state index >= 15 is 0 Å². The summed E-state index contributed by atoms with van der Waals surface area (Å²) in [6.45, 7) is 1.03. The quantitative estimate of drug-likeness (QED) is 0.650. The van der Waals surface area contributed by atoms with Crippen molar-refractivity contribution in [3.05, 3.63) is 40.9 Å². The minimum absolute atomic E-state index is 0.00623. The standard InChI is InChI=1S/C22H28N4O5/c1-26(2)6-5-11-18-13(8-17(28-3)21(11)29-4)20-19(23-22(18)27)12-7-15-16(31-10-30-15)9-14(12)24-25-20/h7-9,11,18-20,24-25H,5-6,10H2,1-4H3,(H,23,27). The third kappa shape index (κ3) is 3.19. The zero-order valence-corrected chi connectivity index (χ0v) is 18.2. The Kier molecular flexibility index (Phi) is 4.94. The van der Waals surface area contributed by atoms with E-state index in [2.05, 4.69) is 21.1 Å². The highest BCUT2D eigenvalue weighted by molar-refractivity contribution is 5.86. The molecular weight excluding hydrogens is 400 g/mol. The van der Waals surface area contributed by atoms with E-state index in [9.17, 15) is 4.79 Å². The van der Waals surface area contributed by atoms with Gasteiger partial charge in [-0.05, 0) is 44.8 Å². The first-order valence-electron chi connectivity index (χ1n) is 10.5. The number of fused-ring (bicyclic) bond motifs is 6. The van der Waals surface area contributed by atoms with Gasteiger partial charge < -0.3 is 34.6 Å². The molecule has 1 aliphatic carbocycles. The fourth-order valence-corrected chi connectivity index (χ4v) is 5.02. The van der Waals surface area contributed by atoms with E-state index < -0.39 is 0 Å². The van der Waals surface area contributed by atoms with Crippen LogP contribution >= 0.6 is 0 Å². The van der Waals surface area contributed by atoms with Gasteiger partial charge in [-0.25, -0.2) is 5.43 Å². The van der Waals surface area contributed by atoms with E-state index in [1.54, 1.807) is 14.2 Å². The van der Waals surface area contributed by atoms with Crippen molar-refractivity contribution in [3.63, 3.8) is 0 Å². The zero-order valence-electron chi connectivity index (χ0n) is 18.2. The summed E-state index contributed by atoms with van der Waals surface area (Å²) in [5, 5.41) is 3.25. The minimum Gasteiger partial charge on any atom is -0.497 e. The van der Waals surface area contributed by atoms with Gasteiger partial charge in [0, 0.05) is 17.5 Å². The number of anilines is 1. The maximum absolute atomic E-state index is 13.4. The van der Waals surface area contributed by atoms with E-state index in [4.69, 9.17) is 18.9 Å². The van der Waals surface area contributed by atoms with Gasteiger partial charge in [0.15, 0.2) is 17.3 Å². The van der Waals surface area contributed by atoms with Crippen LogP contribution in [0.5, 0.6) is 11.5 Å². The second-order valence-electron chi connectivity index (χ2n) is 8.48. The SMILES string of the molecule is COC1=C(OC)C(CCN(C)C)C2C(=O)NC3c4cc5c(cc4NNC3C2=C1)OCO5. The van der Waals surface area contributed by atoms with Gasteiger partial charge in [-0.15, -0.1) is 0 Å². The van der Waals surface area contributed by atoms with Crippen LogP contribution in [0.25, 0.3) is 0 Å². The number of hydrogen-bond donors (Lipinski definition) is 3. The van der Waals surface area contributed by atoms with Gasteiger partial charge in [0.25, 0.3) is 0 Å². The molecule has 4 atom stereocenters. The first-order valence-corrected chi connectivity index (χ1v) is 10.5. The number of rotatable bonds is 5. The lowest BCUT2D eigenvalue weighted by Crippen LogP contribution is -2.59. The number of carbonyl (C=O) groups is 1. The van der Waals surface area contributed by atoms with E-state index in [0.29, 0.717) is 17.3 Å². The molecule has 0 radical (unpaired) electrons. The van der Waals surface area contributed by atoms with Gasteiger partial charge in [-0.2, -0.15) is 0 Å². The number of piperidine rings is 1. The maximum atomic E-state index is 13.4. The van der Waals surface area contributed by atoms with Gasteiger partial charge in [0.05, 0.1) is 37.9 Å². The molecule has 0 bridgehead atoms. The van der Waals surface area contributed by atoms with Crippen LogP contribution in [0.3, 0.4) is 0 Å². The number of methoxy groups -OCH3 is 2. The maximum Gasteiger partial charge on any atom is 0.231 e. The molecule has 3 aliphatic heterocycles. The van der Waals surface area contributed by atoms with Crippen molar-refractivity contribution < 1.29 is 23.7 Å². The van der Waals surface area contributed by atoms with Gasteiger partial charge in [-0.3, -0.25) is 4.79 Å². The number of hydrazine groups is 1. The number of hydrogen-bond acceptors (Lipinski definition) is 8. The van der Waals surface area contributed by atoms with Crippen LogP contribution in [0.4, 0.5) is 5.69 Å². The highest BCUT2D eigenvalue weighted by Crippen LogP contribution is 2.48. The number of allylic oxidation sites excluding steroid dienone is 2. The first kappa shape index (κ1) is 20.0. The van der Waals surface area contributed by atoms with Crippen molar-refractivity contribution >= 4 is 11.6 Å². The van der Waals surface area contributed by atoms with Crippen molar-refractivity contribution in [1.29, 1.82) is 0 Å². The predicted octanol–water partition coefficient (Wildman–Crippen LogP) is 1.51. The lowest BCUT2D eigenvalue weighted by molar-refractivity contribution is -0.128. The summed E-state index contributed by atoms with van der Waals surface area (Å²) in [5.41, 5.74) is 9.50. The molecule has 3 heterocycles. The second kappa shape index (κ2) is 7.65. The second-order valence-corrected chi connectivity index (χ2v) is 8.48. The van der Waals surface area contributed by atoms with E-state index in [-0.39, 0.29) is 36.6 Å². The number of ether oxygens (including phenoxy) is 4. The molecule has 31 heavy (non-hydrogen) atoms. The fourth-order valence-electron chi connectivity index (χ4n) is 5.02. The van der Waals surface area contributed by atoms with Crippen molar-refractivity contribution in [1.82, 2.24) is 15.6 Å². The number of nitrogens with zero attached hydrogens (tertiary/aromatic N) is 1. The van der Waals surface area contributed by atoms with Gasteiger partial charge >= 0.3 is 0 Å². The molecule has 0 spiro atoms. The average Bonchev–Trinajstić information content (AvgIpc) is 3.22. The highest BCUT2D eigenvalue weighted by atomic mass is 16.7. The molecule has 4 aliphatic rings. The van der Waals surface area contributed by atoms with Crippen molar-refractivity contribution in [2.24, 2.45) is 11.8 Å². The Morgan fingerprint density at radius 3 is 2.61 bits per heavy atom. The molecule has 0 saturated carbocycles. The summed E-state index contributed by atoms with van der Waals surface area (Å²) in [7, 11) is 7.33. The van der Waals surface area contributed by atoms with Crippen molar-refractivity contribution in [2.75, 3.05) is 47.1 Å². The molecule has 4 unspecified atom stereocenters. The van der Waals surface area contributed by atoms with Crippen molar-refractivity contribution in [3.8, 4) is 11.5 Å². The molecule has 9 heteroatoms. The summed E-state index contributed by atoms with van der Waals surface area (Å²) >= 11 is 0. The van der Waals surface area contributed by atoms with Crippen molar-refractivity contribution in [2.45, 2.75) is 18.5 Å². The Morgan fingerprint density at radius 2 is 1.90 bits per heavy atom. The molecule has 5 rings (SSSR count). The largest absolute Gasteiger partial charge is 0.497 e. The minimum atomic E-state index is -0.333. The molecule has 166 valence electrons. The highest BCUT2D eigenvalue weighted by Gasteiger charge is 2.49.